The van der Waals surface area contributed by atoms with Crippen molar-refractivity contribution in [3.8, 4) is 5.75 Å². The Hall–Kier alpha value is -3.03. The van der Waals surface area contributed by atoms with Crippen LogP contribution in [0.2, 0.25) is 0 Å². The van der Waals surface area contributed by atoms with Gasteiger partial charge in [-0.1, -0.05) is 41.5 Å². The molecule has 1 amide bonds. The number of hydrogen-bond acceptors (Lipinski definition) is 3. The Kier molecular flexibility index (Phi) is 8.91. The molecule has 0 bridgehead atoms. The molecule has 0 unspecified atom stereocenters. The van der Waals surface area contributed by atoms with E-state index in [1.807, 2.05) is 26.0 Å². The molecule has 8 heteroatoms. The van der Waals surface area contributed by atoms with Gasteiger partial charge in [0.25, 0.3) is 5.91 Å². The molecule has 3 aromatic carbocycles. The van der Waals surface area contributed by atoms with E-state index in [-0.39, 0.29) is 25.5 Å². The van der Waals surface area contributed by atoms with Crippen molar-refractivity contribution in [1.82, 2.24) is 0 Å². The average Bonchev–Trinajstić information content (AvgIpc) is 2.75. The quantitative estimate of drug-likeness (QED) is 0.458. The van der Waals surface area contributed by atoms with Crippen LogP contribution in [0.1, 0.15) is 32.6 Å². The first kappa shape index (κ1) is 26.2. The normalized spacial score (nSPS) is 11.0. The van der Waals surface area contributed by atoms with E-state index >= 15 is 0 Å². The van der Waals surface area contributed by atoms with Crippen molar-refractivity contribution in [1.29, 1.82) is 0 Å². The highest BCUT2D eigenvalue weighted by atomic mass is 35.5. The number of ether oxygens (including phenoxy) is 1. The number of anilines is 1. The minimum atomic E-state index is -4.63. The average molecular weight is 479 g/mol. The number of alkyl halides is 3. The highest BCUT2D eigenvalue weighted by Crippen LogP contribution is 2.33. The SMILES string of the molecule is Cc1cc(C)cc(COc2ccc(N(CCN)C(=O)c3ccccc3C(F)(F)F)cc2)c1.Cl. The Morgan fingerprint density at radius 1 is 0.970 bits per heavy atom. The van der Waals surface area contributed by atoms with Crippen LogP contribution in [0.15, 0.2) is 66.7 Å². The number of rotatable bonds is 7. The summed E-state index contributed by atoms with van der Waals surface area (Å²) in [6.45, 7) is 4.60. The standard InChI is InChI=1S/C25H25F3N2O2.ClH/c1-17-13-18(2)15-19(14-17)16-32-21-9-7-20(8-10-21)30(12-11-29)24(31)22-5-3-4-6-23(22)25(26,27)28;/h3-10,13-15H,11-12,16,29H2,1-2H3;1H. The zero-order valence-electron chi connectivity index (χ0n) is 18.4. The van der Waals surface area contributed by atoms with E-state index in [0.29, 0.717) is 18.0 Å². The van der Waals surface area contributed by atoms with Crippen molar-refractivity contribution in [2.24, 2.45) is 5.73 Å². The molecule has 0 fully saturated rings. The van der Waals surface area contributed by atoms with Crippen LogP contribution in [0, 0.1) is 13.8 Å². The highest BCUT2D eigenvalue weighted by Gasteiger charge is 2.36. The molecular weight excluding hydrogens is 453 g/mol. The zero-order chi connectivity index (χ0) is 23.3. The number of aryl methyl sites for hydroxylation is 2. The van der Waals surface area contributed by atoms with Gasteiger partial charge in [-0.3, -0.25) is 4.79 Å². The zero-order valence-corrected chi connectivity index (χ0v) is 19.2. The summed E-state index contributed by atoms with van der Waals surface area (Å²) in [6, 6.07) is 17.6. The summed E-state index contributed by atoms with van der Waals surface area (Å²) in [5.41, 5.74) is 8.02. The van der Waals surface area contributed by atoms with Crippen LogP contribution in [0.3, 0.4) is 0 Å². The monoisotopic (exact) mass is 478 g/mol. The van der Waals surface area contributed by atoms with E-state index in [9.17, 15) is 18.0 Å². The van der Waals surface area contributed by atoms with E-state index in [2.05, 4.69) is 6.07 Å². The van der Waals surface area contributed by atoms with Gasteiger partial charge in [0.2, 0.25) is 0 Å². The van der Waals surface area contributed by atoms with Gasteiger partial charge in [0.15, 0.2) is 0 Å². The van der Waals surface area contributed by atoms with Crippen LogP contribution >= 0.6 is 12.4 Å². The third-order valence-corrected chi connectivity index (χ3v) is 4.90. The molecular formula is C25H26ClF3N2O2. The molecule has 0 aliphatic heterocycles. The molecule has 0 spiro atoms. The Bertz CT molecular complexity index is 1070. The second kappa shape index (κ2) is 11.2. The van der Waals surface area contributed by atoms with Gasteiger partial charge in [-0.25, -0.2) is 0 Å². The van der Waals surface area contributed by atoms with E-state index in [1.54, 1.807) is 24.3 Å². The van der Waals surface area contributed by atoms with Crippen molar-refractivity contribution in [3.63, 3.8) is 0 Å². The lowest BCUT2D eigenvalue weighted by Crippen LogP contribution is -2.36. The minimum Gasteiger partial charge on any atom is -0.489 e. The maximum Gasteiger partial charge on any atom is 0.417 e. The number of nitrogens with two attached hydrogens (primary N) is 1. The topological polar surface area (TPSA) is 55.6 Å². The first-order chi connectivity index (χ1) is 15.2. The second-order valence-electron chi connectivity index (χ2n) is 7.57. The summed E-state index contributed by atoms with van der Waals surface area (Å²) in [5.74, 6) is -0.170. The van der Waals surface area contributed by atoms with Crippen LogP contribution in [-0.2, 0) is 12.8 Å². The fraction of sp³-hybridized carbons (Fsp3) is 0.240. The van der Waals surface area contributed by atoms with Gasteiger partial charge < -0.3 is 15.4 Å². The predicted molar refractivity (Wildman–Crippen MR) is 126 cm³/mol. The van der Waals surface area contributed by atoms with Gasteiger partial charge in [-0.15, -0.1) is 12.4 Å². The molecule has 0 radical (unpaired) electrons. The smallest absolute Gasteiger partial charge is 0.417 e. The molecule has 0 aliphatic rings. The van der Waals surface area contributed by atoms with Crippen LogP contribution in [-0.4, -0.2) is 19.0 Å². The van der Waals surface area contributed by atoms with Crippen molar-refractivity contribution in [3.05, 3.63) is 94.5 Å². The molecule has 4 nitrogen and oxygen atoms in total. The Morgan fingerprint density at radius 2 is 1.58 bits per heavy atom. The third kappa shape index (κ3) is 6.73. The maximum absolute atomic E-state index is 13.4. The Morgan fingerprint density at radius 3 is 2.15 bits per heavy atom. The van der Waals surface area contributed by atoms with Gasteiger partial charge in [-0.05, 0) is 55.8 Å². The van der Waals surface area contributed by atoms with Crippen LogP contribution in [0.25, 0.3) is 0 Å². The highest BCUT2D eigenvalue weighted by molar-refractivity contribution is 6.07. The van der Waals surface area contributed by atoms with Crippen molar-refractivity contribution >= 4 is 24.0 Å². The van der Waals surface area contributed by atoms with Crippen molar-refractivity contribution in [2.45, 2.75) is 26.6 Å². The maximum atomic E-state index is 13.4. The van der Waals surface area contributed by atoms with E-state index in [4.69, 9.17) is 10.5 Å². The molecule has 2 N–H and O–H groups in total. The summed E-state index contributed by atoms with van der Waals surface area (Å²) in [6.07, 6.45) is -4.63. The molecule has 0 saturated heterocycles. The number of carbonyl (C=O) groups is 1. The fourth-order valence-corrected chi connectivity index (χ4v) is 3.58. The van der Waals surface area contributed by atoms with Gasteiger partial charge in [-0.2, -0.15) is 13.2 Å². The number of carbonyl (C=O) groups excluding carboxylic acids is 1. The molecule has 0 saturated carbocycles. The summed E-state index contributed by atoms with van der Waals surface area (Å²) in [4.78, 5) is 14.2. The molecule has 0 heterocycles. The second-order valence-corrected chi connectivity index (χ2v) is 7.57. The number of amides is 1. The molecule has 0 atom stereocenters. The fourth-order valence-electron chi connectivity index (χ4n) is 3.58. The molecule has 0 aromatic heterocycles. The van der Waals surface area contributed by atoms with E-state index in [0.717, 1.165) is 22.8 Å². The summed E-state index contributed by atoms with van der Waals surface area (Å²) >= 11 is 0. The third-order valence-electron chi connectivity index (χ3n) is 4.90. The number of nitrogens with zero attached hydrogens (tertiary/aromatic N) is 1. The molecule has 0 aliphatic carbocycles. The van der Waals surface area contributed by atoms with Gasteiger partial charge >= 0.3 is 6.18 Å². The summed E-state index contributed by atoms with van der Waals surface area (Å²) in [7, 11) is 0. The Balaban J connectivity index is 0.00000385. The summed E-state index contributed by atoms with van der Waals surface area (Å²) in [5, 5.41) is 0. The van der Waals surface area contributed by atoms with Gasteiger partial charge in [0, 0.05) is 18.8 Å². The minimum absolute atomic E-state index is 0. The van der Waals surface area contributed by atoms with Crippen molar-refractivity contribution in [2.75, 3.05) is 18.0 Å². The van der Waals surface area contributed by atoms with Crippen LogP contribution in [0.4, 0.5) is 18.9 Å². The van der Waals surface area contributed by atoms with Gasteiger partial charge in [0.05, 0.1) is 11.1 Å². The van der Waals surface area contributed by atoms with Crippen LogP contribution < -0.4 is 15.4 Å². The Labute approximate surface area is 197 Å². The molecule has 3 aromatic rings. The van der Waals surface area contributed by atoms with Crippen molar-refractivity contribution < 1.29 is 22.7 Å². The van der Waals surface area contributed by atoms with E-state index in [1.165, 1.54) is 23.1 Å². The predicted octanol–water partition coefficient (Wildman–Crippen LogP) is 5.93. The number of hydrogen-bond donors (Lipinski definition) is 1. The lowest BCUT2D eigenvalue weighted by molar-refractivity contribution is -0.137. The largest absolute Gasteiger partial charge is 0.489 e. The number of benzene rings is 3. The van der Waals surface area contributed by atoms with Gasteiger partial charge in [0.1, 0.15) is 12.4 Å². The molecule has 3 rings (SSSR count). The molecule has 176 valence electrons. The number of halogens is 4. The molecule has 33 heavy (non-hydrogen) atoms. The lowest BCUT2D eigenvalue weighted by atomic mass is 10.1. The lowest BCUT2D eigenvalue weighted by Gasteiger charge is -2.24. The summed E-state index contributed by atoms with van der Waals surface area (Å²) < 4.78 is 46.0. The van der Waals surface area contributed by atoms with Crippen LogP contribution in [0.5, 0.6) is 5.75 Å². The first-order valence-corrected chi connectivity index (χ1v) is 10.2. The van der Waals surface area contributed by atoms with E-state index < -0.39 is 23.2 Å². The first-order valence-electron chi connectivity index (χ1n) is 10.2.